The number of nitrogens with one attached hydrogen (secondary N) is 1. The summed E-state index contributed by atoms with van der Waals surface area (Å²) in [6.45, 7) is -0.454. The Morgan fingerprint density at radius 3 is 2.42 bits per heavy atom. The largest absolute Gasteiger partial charge is 0.452 e. The molecule has 0 aliphatic rings. The average molecular weight is 347 g/mol. The first-order valence-corrected chi connectivity index (χ1v) is 7.88. The van der Waals surface area contributed by atoms with Crippen LogP contribution in [0.1, 0.15) is 20.7 Å². The minimum absolute atomic E-state index is 0.221. The zero-order chi connectivity index (χ0) is 17.7. The van der Waals surface area contributed by atoms with E-state index in [4.69, 9.17) is 10.5 Å². The number of thiophene rings is 1. The number of esters is 1. The van der Waals surface area contributed by atoms with Gasteiger partial charge >= 0.3 is 5.97 Å². The SMILES string of the molecule is CN(C)c1ccc(C(=O)OCC(=O)Nc2sccc2C(N)=O)cc1. The Morgan fingerprint density at radius 1 is 1.17 bits per heavy atom. The number of ether oxygens (including phenoxy) is 1. The van der Waals surface area contributed by atoms with Gasteiger partial charge in [0, 0.05) is 19.8 Å². The Kier molecular flexibility index (Phi) is 5.54. The molecule has 0 unspecified atom stereocenters. The molecule has 2 rings (SSSR count). The number of hydrogen-bond donors (Lipinski definition) is 2. The van der Waals surface area contributed by atoms with E-state index in [9.17, 15) is 14.4 Å². The van der Waals surface area contributed by atoms with Gasteiger partial charge in [-0.3, -0.25) is 9.59 Å². The summed E-state index contributed by atoms with van der Waals surface area (Å²) < 4.78 is 4.96. The highest BCUT2D eigenvalue weighted by Gasteiger charge is 2.14. The van der Waals surface area contributed by atoms with E-state index in [2.05, 4.69) is 5.32 Å². The smallest absolute Gasteiger partial charge is 0.338 e. The number of rotatable bonds is 6. The summed E-state index contributed by atoms with van der Waals surface area (Å²) in [6, 6.07) is 8.32. The molecule has 1 aromatic heterocycles. The molecule has 1 heterocycles. The number of hydrogen-bond acceptors (Lipinski definition) is 6. The second-order valence-electron chi connectivity index (χ2n) is 5.09. The quantitative estimate of drug-likeness (QED) is 0.775. The van der Waals surface area contributed by atoms with Gasteiger partial charge in [0.1, 0.15) is 5.00 Å². The van der Waals surface area contributed by atoms with Crippen LogP contribution >= 0.6 is 11.3 Å². The van der Waals surface area contributed by atoms with Crippen LogP contribution in [0.15, 0.2) is 35.7 Å². The molecular formula is C16H17N3O4S. The second kappa shape index (κ2) is 7.60. The van der Waals surface area contributed by atoms with Crippen molar-refractivity contribution in [3.8, 4) is 0 Å². The summed E-state index contributed by atoms with van der Waals surface area (Å²) in [5.74, 6) is -1.78. The Balaban J connectivity index is 1.90. The zero-order valence-corrected chi connectivity index (χ0v) is 14.1. The number of nitrogens with two attached hydrogens (primary N) is 1. The van der Waals surface area contributed by atoms with Gasteiger partial charge in [0.15, 0.2) is 6.61 Å². The molecule has 0 saturated heterocycles. The molecule has 0 bridgehead atoms. The van der Waals surface area contributed by atoms with Crippen molar-refractivity contribution in [2.24, 2.45) is 5.73 Å². The van der Waals surface area contributed by atoms with Gasteiger partial charge in [-0.05, 0) is 35.7 Å². The van der Waals surface area contributed by atoms with Crippen LogP contribution in [0, 0.1) is 0 Å². The molecule has 2 amide bonds. The molecule has 0 radical (unpaired) electrons. The molecule has 24 heavy (non-hydrogen) atoms. The molecule has 0 aliphatic carbocycles. The van der Waals surface area contributed by atoms with Crippen molar-refractivity contribution in [1.29, 1.82) is 0 Å². The molecule has 8 heteroatoms. The van der Waals surface area contributed by atoms with Crippen LogP contribution < -0.4 is 16.0 Å². The maximum absolute atomic E-state index is 11.9. The van der Waals surface area contributed by atoms with E-state index in [0.717, 1.165) is 17.0 Å². The van der Waals surface area contributed by atoms with Gasteiger partial charge < -0.3 is 20.7 Å². The van der Waals surface area contributed by atoms with E-state index in [1.807, 2.05) is 19.0 Å². The Bertz CT molecular complexity index is 753. The molecule has 7 nitrogen and oxygen atoms in total. The van der Waals surface area contributed by atoms with Crippen molar-refractivity contribution in [3.05, 3.63) is 46.8 Å². The van der Waals surface area contributed by atoms with Gasteiger partial charge in [-0.25, -0.2) is 4.79 Å². The summed E-state index contributed by atoms with van der Waals surface area (Å²) in [6.07, 6.45) is 0. The molecule has 0 fully saturated rings. The number of carbonyl (C=O) groups excluding carboxylic acids is 3. The molecule has 3 N–H and O–H groups in total. The third-order valence-electron chi connectivity index (χ3n) is 3.14. The molecule has 0 aliphatic heterocycles. The average Bonchev–Trinajstić information content (AvgIpc) is 3.01. The first kappa shape index (κ1) is 17.5. The zero-order valence-electron chi connectivity index (χ0n) is 13.2. The highest BCUT2D eigenvalue weighted by molar-refractivity contribution is 7.14. The lowest BCUT2D eigenvalue weighted by molar-refractivity contribution is -0.119. The van der Waals surface area contributed by atoms with Crippen LogP contribution in [-0.2, 0) is 9.53 Å². The Labute approximate surface area is 143 Å². The lowest BCUT2D eigenvalue weighted by Gasteiger charge is -2.12. The van der Waals surface area contributed by atoms with E-state index >= 15 is 0 Å². The fourth-order valence-corrected chi connectivity index (χ4v) is 2.68. The fraction of sp³-hybridized carbons (Fsp3) is 0.188. The first-order valence-electron chi connectivity index (χ1n) is 7.00. The van der Waals surface area contributed by atoms with E-state index in [-0.39, 0.29) is 5.56 Å². The topological polar surface area (TPSA) is 102 Å². The third-order valence-corrected chi connectivity index (χ3v) is 3.97. The lowest BCUT2D eigenvalue weighted by atomic mass is 10.2. The van der Waals surface area contributed by atoms with E-state index in [1.165, 1.54) is 6.07 Å². The van der Waals surface area contributed by atoms with Gasteiger partial charge in [-0.15, -0.1) is 11.3 Å². The van der Waals surface area contributed by atoms with Gasteiger partial charge in [-0.1, -0.05) is 0 Å². The minimum Gasteiger partial charge on any atom is -0.452 e. The van der Waals surface area contributed by atoms with Crippen molar-refractivity contribution in [2.75, 3.05) is 30.9 Å². The van der Waals surface area contributed by atoms with Crippen LogP contribution in [0.25, 0.3) is 0 Å². The highest BCUT2D eigenvalue weighted by atomic mass is 32.1. The van der Waals surface area contributed by atoms with Gasteiger partial charge in [0.05, 0.1) is 11.1 Å². The number of benzene rings is 1. The first-order chi connectivity index (χ1) is 11.4. The number of carbonyl (C=O) groups is 3. The van der Waals surface area contributed by atoms with Crippen LogP contribution in [0.5, 0.6) is 0 Å². The van der Waals surface area contributed by atoms with Crippen LogP contribution in [0.3, 0.4) is 0 Å². The van der Waals surface area contributed by atoms with Crippen molar-refractivity contribution in [2.45, 2.75) is 0 Å². The molecule has 126 valence electrons. The number of primary amides is 1. The Morgan fingerprint density at radius 2 is 1.83 bits per heavy atom. The van der Waals surface area contributed by atoms with E-state index in [0.29, 0.717) is 10.6 Å². The number of anilines is 2. The molecule has 1 aromatic carbocycles. The van der Waals surface area contributed by atoms with Gasteiger partial charge in [0.2, 0.25) is 0 Å². The molecule has 2 aromatic rings. The highest BCUT2D eigenvalue weighted by Crippen LogP contribution is 2.22. The summed E-state index contributed by atoms with van der Waals surface area (Å²) >= 11 is 1.16. The van der Waals surface area contributed by atoms with E-state index < -0.39 is 24.4 Å². The van der Waals surface area contributed by atoms with Crippen LogP contribution in [0.4, 0.5) is 10.7 Å². The predicted octanol–water partition coefficient (Wildman–Crippen LogP) is 1.71. The third kappa shape index (κ3) is 4.32. The van der Waals surface area contributed by atoms with Crippen molar-refractivity contribution in [3.63, 3.8) is 0 Å². The summed E-state index contributed by atoms with van der Waals surface area (Å²) in [5, 5.41) is 4.46. The van der Waals surface area contributed by atoms with Gasteiger partial charge in [-0.2, -0.15) is 0 Å². The number of nitrogens with zero attached hydrogens (tertiary/aromatic N) is 1. The van der Waals surface area contributed by atoms with Crippen molar-refractivity contribution >= 4 is 39.8 Å². The monoisotopic (exact) mass is 347 g/mol. The Hall–Kier alpha value is -2.87. The van der Waals surface area contributed by atoms with Crippen LogP contribution in [-0.4, -0.2) is 38.5 Å². The lowest BCUT2D eigenvalue weighted by Crippen LogP contribution is -2.22. The predicted molar refractivity (Wildman–Crippen MR) is 92.5 cm³/mol. The maximum Gasteiger partial charge on any atom is 0.338 e. The summed E-state index contributed by atoms with van der Waals surface area (Å²) in [4.78, 5) is 36.8. The normalized spacial score (nSPS) is 10.1. The molecular weight excluding hydrogens is 330 g/mol. The van der Waals surface area contributed by atoms with Crippen LogP contribution in [0.2, 0.25) is 0 Å². The molecule has 0 saturated carbocycles. The number of amides is 2. The fourth-order valence-electron chi connectivity index (χ4n) is 1.87. The molecule has 0 spiro atoms. The summed E-state index contributed by atoms with van der Waals surface area (Å²) in [5.41, 5.74) is 6.71. The van der Waals surface area contributed by atoms with Crippen molar-refractivity contribution in [1.82, 2.24) is 0 Å². The second-order valence-corrected chi connectivity index (χ2v) is 6.01. The minimum atomic E-state index is -0.635. The summed E-state index contributed by atoms with van der Waals surface area (Å²) in [7, 11) is 3.78. The van der Waals surface area contributed by atoms with Crippen molar-refractivity contribution < 1.29 is 19.1 Å². The standard InChI is InChI=1S/C16H17N3O4S/c1-19(2)11-5-3-10(4-6-11)16(22)23-9-13(20)18-15-12(14(17)21)7-8-24-15/h3-8H,9H2,1-2H3,(H2,17,21)(H,18,20). The van der Waals surface area contributed by atoms with Gasteiger partial charge in [0.25, 0.3) is 11.8 Å². The maximum atomic E-state index is 11.9. The molecule has 0 atom stereocenters. The van der Waals surface area contributed by atoms with E-state index in [1.54, 1.807) is 29.6 Å².